The highest BCUT2D eigenvalue weighted by Crippen LogP contribution is 2.29. The van der Waals surface area contributed by atoms with E-state index in [1.165, 1.54) is 14.2 Å². The molecule has 0 amide bonds. The quantitative estimate of drug-likeness (QED) is 0.473. The van der Waals surface area contributed by atoms with E-state index in [9.17, 15) is 4.79 Å². The Labute approximate surface area is 142 Å². The van der Waals surface area contributed by atoms with Crippen molar-refractivity contribution in [1.82, 2.24) is 0 Å². The van der Waals surface area contributed by atoms with Crippen LogP contribution in [0.5, 0.6) is 5.75 Å². The number of nitrogen functional groups attached to an aromatic ring is 1. The van der Waals surface area contributed by atoms with Crippen molar-refractivity contribution in [2.45, 2.75) is 38.1 Å². The van der Waals surface area contributed by atoms with Gasteiger partial charge in [-0.3, -0.25) is 4.99 Å². The van der Waals surface area contributed by atoms with Crippen molar-refractivity contribution in [3.05, 3.63) is 23.3 Å². The fourth-order valence-corrected chi connectivity index (χ4v) is 3.11. The lowest BCUT2D eigenvalue weighted by atomic mass is 9.84. The molecule has 0 bridgehead atoms. The van der Waals surface area contributed by atoms with Crippen LogP contribution in [-0.4, -0.2) is 44.2 Å². The highest BCUT2D eigenvalue weighted by Gasteiger charge is 2.20. The summed E-state index contributed by atoms with van der Waals surface area (Å²) in [5, 5.41) is 9.01. The van der Waals surface area contributed by atoms with Gasteiger partial charge in [-0.2, -0.15) is 0 Å². The first kappa shape index (κ1) is 18.3. The fraction of sp³-hybridized carbons (Fsp3) is 0.556. The standard InChI is InChI=1S/C18H26N2O4/c1-23-17-10-16(19)13(9-15(17)18(22)24-2)11-20-14-5-3-12(4-6-14)7-8-21/h9-12,14,21H,3-8,19H2,1-2H3. The van der Waals surface area contributed by atoms with Crippen LogP contribution in [-0.2, 0) is 4.74 Å². The van der Waals surface area contributed by atoms with E-state index in [0.717, 1.165) is 32.1 Å². The first-order chi connectivity index (χ1) is 11.6. The molecule has 3 N–H and O–H groups in total. The Hall–Kier alpha value is -2.08. The number of hydrogen-bond acceptors (Lipinski definition) is 6. The van der Waals surface area contributed by atoms with Gasteiger partial charge < -0.3 is 20.3 Å². The summed E-state index contributed by atoms with van der Waals surface area (Å²) in [6, 6.07) is 3.54. The van der Waals surface area contributed by atoms with E-state index in [1.807, 2.05) is 0 Å². The van der Waals surface area contributed by atoms with Crippen molar-refractivity contribution in [3.8, 4) is 5.75 Å². The van der Waals surface area contributed by atoms with E-state index in [2.05, 4.69) is 4.99 Å². The number of aliphatic imine (C=N–C) groups is 1. The number of carbonyl (C=O) groups is 1. The topological polar surface area (TPSA) is 94.1 Å². The minimum atomic E-state index is -0.467. The Morgan fingerprint density at radius 2 is 2.04 bits per heavy atom. The maximum absolute atomic E-state index is 11.9. The summed E-state index contributed by atoms with van der Waals surface area (Å²) in [5.74, 6) is 0.533. The van der Waals surface area contributed by atoms with Crippen LogP contribution in [0.15, 0.2) is 17.1 Å². The zero-order valence-corrected chi connectivity index (χ0v) is 14.3. The van der Waals surface area contributed by atoms with Crippen molar-refractivity contribution in [2.24, 2.45) is 10.9 Å². The molecule has 6 heteroatoms. The minimum absolute atomic E-state index is 0.261. The second-order valence-corrected chi connectivity index (χ2v) is 6.14. The third kappa shape index (κ3) is 4.47. The van der Waals surface area contributed by atoms with Gasteiger partial charge in [0.25, 0.3) is 0 Å². The lowest BCUT2D eigenvalue weighted by Gasteiger charge is -2.25. The van der Waals surface area contributed by atoms with Crippen LogP contribution in [0.4, 0.5) is 5.69 Å². The molecule has 132 valence electrons. The molecule has 0 heterocycles. The highest BCUT2D eigenvalue weighted by atomic mass is 16.5. The summed E-state index contributed by atoms with van der Waals surface area (Å²) >= 11 is 0. The molecular formula is C18H26N2O4. The highest BCUT2D eigenvalue weighted by molar-refractivity contribution is 5.97. The lowest BCUT2D eigenvalue weighted by Crippen LogP contribution is -2.18. The Bertz CT molecular complexity index is 593. The predicted molar refractivity (Wildman–Crippen MR) is 93.8 cm³/mol. The molecule has 0 radical (unpaired) electrons. The van der Waals surface area contributed by atoms with Gasteiger partial charge in [-0.05, 0) is 44.1 Å². The Morgan fingerprint density at radius 3 is 2.62 bits per heavy atom. The van der Waals surface area contributed by atoms with Gasteiger partial charge in [0.05, 0.1) is 14.2 Å². The lowest BCUT2D eigenvalue weighted by molar-refractivity contribution is 0.0597. The second-order valence-electron chi connectivity index (χ2n) is 6.14. The molecule has 6 nitrogen and oxygen atoms in total. The van der Waals surface area contributed by atoms with Gasteiger partial charge in [0.1, 0.15) is 11.3 Å². The van der Waals surface area contributed by atoms with Gasteiger partial charge in [-0.15, -0.1) is 0 Å². The monoisotopic (exact) mass is 334 g/mol. The normalized spacial score (nSPS) is 21.0. The summed E-state index contributed by atoms with van der Waals surface area (Å²) in [5.41, 5.74) is 7.57. The van der Waals surface area contributed by atoms with Gasteiger partial charge in [0, 0.05) is 36.2 Å². The summed E-state index contributed by atoms with van der Waals surface area (Å²) in [7, 11) is 2.82. The van der Waals surface area contributed by atoms with Crippen molar-refractivity contribution >= 4 is 17.9 Å². The molecule has 1 aromatic carbocycles. The van der Waals surface area contributed by atoms with Crippen LogP contribution in [0.3, 0.4) is 0 Å². The SMILES string of the molecule is COC(=O)c1cc(C=NC2CCC(CCO)CC2)c(N)cc1OC. The summed E-state index contributed by atoms with van der Waals surface area (Å²) in [6.45, 7) is 0.261. The average molecular weight is 334 g/mol. The number of hydrogen-bond donors (Lipinski definition) is 2. The second kappa shape index (κ2) is 8.68. The van der Waals surface area contributed by atoms with E-state index < -0.39 is 5.97 Å². The van der Waals surface area contributed by atoms with Crippen LogP contribution < -0.4 is 10.5 Å². The molecule has 1 aromatic rings. The van der Waals surface area contributed by atoms with Crippen molar-refractivity contribution in [2.75, 3.05) is 26.6 Å². The largest absolute Gasteiger partial charge is 0.496 e. The van der Waals surface area contributed by atoms with Crippen LogP contribution in [0, 0.1) is 5.92 Å². The molecule has 1 aliphatic carbocycles. The first-order valence-electron chi connectivity index (χ1n) is 8.28. The van der Waals surface area contributed by atoms with Gasteiger partial charge in [0.15, 0.2) is 0 Å². The first-order valence-corrected chi connectivity index (χ1v) is 8.28. The van der Waals surface area contributed by atoms with E-state index in [1.54, 1.807) is 18.3 Å². The zero-order valence-electron chi connectivity index (χ0n) is 14.3. The van der Waals surface area contributed by atoms with Crippen molar-refractivity contribution < 1.29 is 19.4 Å². The molecule has 0 spiro atoms. The average Bonchev–Trinajstić information content (AvgIpc) is 2.61. The number of nitrogens with two attached hydrogens (primary N) is 1. The molecule has 1 saturated carbocycles. The molecule has 0 atom stereocenters. The van der Waals surface area contributed by atoms with Crippen LogP contribution in [0.1, 0.15) is 48.0 Å². The number of esters is 1. The molecule has 0 saturated heterocycles. The van der Waals surface area contributed by atoms with E-state index in [4.69, 9.17) is 20.3 Å². The Balaban J connectivity index is 2.10. The van der Waals surface area contributed by atoms with Crippen molar-refractivity contribution in [1.29, 1.82) is 0 Å². The van der Waals surface area contributed by atoms with Gasteiger partial charge >= 0.3 is 5.97 Å². The van der Waals surface area contributed by atoms with Gasteiger partial charge in [0.2, 0.25) is 0 Å². The Morgan fingerprint density at radius 1 is 1.33 bits per heavy atom. The summed E-state index contributed by atoms with van der Waals surface area (Å²) in [4.78, 5) is 16.5. The predicted octanol–water partition coefficient (Wildman–Crippen LogP) is 2.42. The van der Waals surface area contributed by atoms with Crippen LogP contribution in [0.2, 0.25) is 0 Å². The van der Waals surface area contributed by atoms with Crippen LogP contribution in [0.25, 0.3) is 0 Å². The molecule has 0 unspecified atom stereocenters. The zero-order chi connectivity index (χ0) is 17.5. The molecule has 1 aliphatic rings. The number of aliphatic hydroxyl groups excluding tert-OH is 1. The van der Waals surface area contributed by atoms with Gasteiger partial charge in [-0.1, -0.05) is 0 Å². The summed E-state index contributed by atoms with van der Waals surface area (Å²) in [6.07, 6.45) is 6.83. The number of anilines is 1. The number of rotatable bonds is 6. The number of nitrogens with zero attached hydrogens (tertiary/aromatic N) is 1. The Kier molecular flexibility index (Phi) is 6.61. The van der Waals surface area contributed by atoms with E-state index in [-0.39, 0.29) is 12.6 Å². The number of benzene rings is 1. The van der Waals surface area contributed by atoms with Crippen LogP contribution >= 0.6 is 0 Å². The molecule has 2 rings (SSSR count). The minimum Gasteiger partial charge on any atom is -0.496 e. The molecule has 24 heavy (non-hydrogen) atoms. The smallest absolute Gasteiger partial charge is 0.341 e. The number of methoxy groups -OCH3 is 2. The van der Waals surface area contributed by atoms with E-state index in [0.29, 0.717) is 28.5 Å². The maximum Gasteiger partial charge on any atom is 0.341 e. The molecule has 1 fully saturated rings. The van der Waals surface area contributed by atoms with Crippen molar-refractivity contribution in [3.63, 3.8) is 0 Å². The number of ether oxygens (including phenoxy) is 2. The number of aliphatic hydroxyl groups is 1. The maximum atomic E-state index is 11.9. The molecule has 0 aliphatic heterocycles. The van der Waals surface area contributed by atoms with Gasteiger partial charge in [-0.25, -0.2) is 4.79 Å². The number of carbonyl (C=O) groups excluding carboxylic acids is 1. The molecular weight excluding hydrogens is 308 g/mol. The van der Waals surface area contributed by atoms with E-state index >= 15 is 0 Å². The summed E-state index contributed by atoms with van der Waals surface area (Å²) < 4.78 is 9.97. The fourth-order valence-electron chi connectivity index (χ4n) is 3.11. The third-order valence-corrected chi connectivity index (χ3v) is 4.59. The third-order valence-electron chi connectivity index (χ3n) is 4.59. The molecule has 0 aromatic heterocycles.